The zero-order valence-electron chi connectivity index (χ0n) is 11.1. The molecule has 10 nitrogen and oxygen atoms in total. The van der Waals surface area contributed by atoms with Gasteiger partial charge in [-0.2, -0.15) is 4.98 Å². The third kappa shape index (κ3) is 2.63. The number of H-pyrrole nitrogens is 1. The van der Waals surface area contributed by atoms with E-state index in [-0.39, 0.29) is 23.7 Å². The molecule has 2 aromatic rings. The normalized spacial score (nSPS) is 25.9. The molecule has 0 saturated carbocycles. The highest BCUT2D eigenvalue weighted by Crippen LogP contribution is 2.48. The number of anilines is 1. The number of nitrogens with zero attached hydrogens (tertiary/aromatic N) is 3. The van der Waals surface area contributed by atoms with E-state index in [4.69, 9.17) is 20.3 Å². The highest BCUT2D eigenvalue weighted by molar-refractivity contribution is 7.52. The van der Waals surface area contributed by atoms with Crippen LogP contribution in [0.4, 0.5) is 10.3 Å². The summed E-state index contributed by atoms with van der Waals surface area (Å²) in [4.78, 5) is 39.8. The Kier molecular flexibility index (Phi) is 3.52. The summed E-state index contributed by atoms with van der Waals surface area (Å²) in [6.45, 7) is -0.0932. The maximum atomic E-state index is 13.9. The highest BCUT2D eigenvalue weighted by Gasteiger charge is 2.44. The molecule has 1 saturated heterocycles. The lowest BCUT2D eigenvalue weighted by atomic mass is 10.2. The minimum atomic E-state index is -4.52. The van der Waals surface area contributed by atoms with Crippen LogP contribution in [0.25, 0.3) is 11.2 Å². The van der Waals surface area contributed by atoms with Gasteiger partial charge in [-0.15, -0.1) is 0 Å². The summed E-state index contributed by atoms with van der Waals surface area (Å²) in [6.07, 6.45) is -1.74. The molecule has 0 aromatic carbocycles. The van der Waals surface area contributed by atoms with Crippen molar-refractivity contribution in [2.24, 2.45) is 0 Å². The van der Waals surface area contributed by atoms with Gasteiger partial charge < -0.3 is 24.8 Å². The van der Waals surface area contributed by atoms with E-state index in [0.717, 1.165) is 0 Å². The molecule has 3 rings (SSSR count). The Bertz CT molecular complexity index is 816. The summed E-state index contributed by atoms with van der Waals surface area (Å²) in [6, 6.07) is 0. The number of nitrogens with one attached hydrogen (secondary N) is 1. The van der Waals surface area contributed by atoms with Crippen LogP contribution in [0.3, 0.4) is 0 Å². The summed E-state index contributed by atoms with van der Waals surface area (Å²) < 4.78 is 31.5. The second-order valence-corrected chi connectivity index (χ2v) is 6.74. The minimum absolute atomic E-state index is 0.0362. The van der Waals surface area contributed by atoms with Crippen molar-refractivity contribution < 1.29 is 23.5 Å². The molecule has 0 amide bonds. The topological polar surface area (TPSA) is 156 Å². The van der Waals surface area contributed by atoms with Crippen LogP contribution < -0.4 is 11.3 Å². The number of imidazole rings is 1. The van der Waals surface area contributed by atoms with Crippen LogP contribution in [0.2, 0.25) is 0 Å². The van der Waals surface area contributed by atoms with Gasteiger partial charge in [0.25, 0.3) is 5.56 Å². The van der Waals surface area contributed by atoms with E-state index >= 15 is 0 Å². The van der Waals surface area contributed by atoms with Crippen LogP contribution in [0.15, 0.2) is 11.1 Å². The molecule has 0 aliphatic carbocycles. The number of aromatic nitrogens is 4. The average molecular weight is 333 g/mol. The number of fused-ring (bicyclic) bond motifs is 1. The Morgan fingerprint density at radius 1 is 1.59 bits per heavy atom. The largest absolute Gasteiger partial charge is 0.369 e. The number of hydrogen-bond acceptors (Lipinski definition) is 6. The number of aromatic amines is 1. The molecule has 5 N–H and O–H groups in total. The number of ether oxygens (including phenoxy) is 1. The minimum Gasteiger partial charge on any atom is -0.369 e. The third-order valence-electron chi connectivity index (χ3n) is 3.41. The first-order valence-corrected chi connectivity index (χ1v) is 7.99. The van der Waals surface area contributed by atoms with Crippen molar-refractivity contribution in [1.82, 2.24) is 19.5 Å². The fourth-order valence-electron chi connectivity index (χ4n) is 2.36. The first kappa shape index (κ1) is 15.1. The molecule has 3 atom stereocenters. The highest BCUT2D eigenvalue weighted by atomic mass is 31.2. The Hall–Kier alpha value is -1.81. The lowest BCUT2D eigenvalue weighted by Gasteiger charge is -2.15. The third-order valence-corrected chi connectivity index (χ3v) is 4.49. The van der Waals surface area contributed by atoms with Gasteiger partial charge in [-0.3, -0.25) is 14.3 Å². The molecular formula is C10H13FN5O5P. The monoisotopic (exact) mass is 333 g/mol. The number of halogens is 1. The molecule has 1 fully saturated rings. The van der Waals surface area contributed by atoms with Crippen molar-refractivity contribution in [1.29, 1.82) is 0 Å². The Morgan fingerprint density at radius 3 is 2.95 bits per heavy atom. The average Bonchev–Trinajstić information content (AvgIpc) is 2.95. The molecule has 3 heterocycles. The molecule has 1 aliphatic rings. The Labute approximate surface area is 122 Å². The SMILES string of the molecule is Nc1nc2c(ncn2CC2OC(P(=O)(O)O)CC2F)c(=O)[nH]1. The Morgan fingerprint density at radius 2 is 2.32 bits per heavy atom. The van der Waals surface area contributed by atoms with Crippen molar-refractivity contribution in [2.45, 2.75) is 31.1 Å². The van der Waals surface area contributed by atoms with Crippen molar-refractivity contribution >= 4 is 24.7 Å². The van der Waals surface area contributed by atoms with Gasteiger partial charge in [-0.25, -0.2) is 9.37 Å². The van der Waals surface area contributed by atoms with E-state index in [2.05, 4.69) is 15.0 Å². The van der Waals surface area contributed by atoms with Crippen LogP contribution >= 0.6 is 7.60 Å². The summed E-state index contributed by atoms with van der Waals surface area (Å²) in [5.74, 6) is -1.58. The van der Waals surface area contributed by atoms with Gasteiger partial charge >= 0.3 is 7.60 Å². The van der Waals surface area contributed by atoms with Crippen molar-refractivity contribution in [2.75, 3.05) is 5.73 Å². The molecule has 1 aliphatic heterocycles. The first-order valence-electron chi connectivity index (χ1n) is 6.31. The lowest BCUT2D eigenvalue weighted by molar-refractivity contribution is 0.0400. The zero-order valence-corrected chi connectivity index (χ0v) is 12.0. The zero-order chi connectivity index (χ0) is 16.1. The maximum absolute atomic E-state index is 13.9. The van der Waals surface area contributed by atoms with Crippen LogP contribution in [-0.2, 0) is 15.8 Å². The molecular weight excluding hydrogens is 320 g/mol. The van der Waals surface area contributed by atoms with Crippen LogP contribution in [0.5, 0.6) is 0 Å². The quantitative estimate of drug-likeness (QED) is 0.539. The van der Waals surface area contributed by atoms with E-state index in [1.54, 1.807) is 0 Å². The van der Waals surface area contributed by atoms with Gasteiger partial charge in [0.15, 0.2) is 17.0 Å². The molecule has 0 spiro atoms. The molecule has 2 aromatic heterocycles. The number of hydrogen-bond donors (Lipinski definition) is 4. The van der Waals surface area contributed by atoms with Gasteiger partial charge in [0.1, 0.15) is 12.3 Å². The molecule has 3 unspecified atom stereocenters. The smallest absolute Gasteiger partial charge is 0.354 e. The molecule has 22 heavy (non-hydrogen) atoms. The van der Waals surface area contributed by atoms with Crippen LogP contribution in [0, 0.1) is 0 Å². The number of rotatable bonds is 3. The van der Waals surface area contributed by atoms with Crippen LogP contribution in [0.1, 0.15) is 6.42 Å². The summed E-state index contributed by atoms with van der Waals surface area (Å²) >= 11 is 0. The molecule has 0 radical (unpaired) electrons. The maximum Gasteiger partial charge on any atom is 0.354 e. The van der Waals surface area contributed by atoms with E-state index in [9.17, 15) is 13.8 Å². The summed E-state index contributed by atoms with van der Waals surface area (Å²) in [7, 11) is -4.52. The van der Waals surface area contributed by atoms with Gasteiger partial charge in [-0.1, -0.05) is 0 Å². The van der Waals surface area contributed by atoms with E-state index in [1.165, 1.54) is 10.9 Å². The van der Waals surface area contributed by atoms with E-state index < -0.39 is 37.7 Å². The molecule has 0 bridgehead atoms. The molecule has 12 heteroatoms. The standard InChI is InChI=1S/C10H13FN5O5P/c11-4-1-6(22(18,19)20)21-5(4)2-16-3-13-7-8(16)14-10(12)15-9(7)17/h3-6H,1-2H2,(H2,18,19,20)(H3,12,14,15,17). The van der Waals surface area contributed by atoms with Crippen molar-refractivity contribution in [3.8, 4) is 0 Å². The van der Waals surface area contributed by atoms with Crippen LogP contribution in [-0.4, -0.2) is 47.4 Å². The fourth-order valence-corrected chi connectivity index (χ4v) is 3.15. The Balaban J connectivity index is 1.88. The molecule has 120 valence electrons. The van der Waals surface area contributed by atoms with Crippen molar-refractivity contribution in [3.05, 3.63) is 16.7 Å². The van der Waals surface area contributed by atoms with E-state index in [0.29, 0.717) is 0 Å². The fraction of sp³-hybridized carbons (Fsp3) is 0.500. The summed E-state index contributed by atoms with van der Waals surface area (Å²) in [5, 5.41) is 0. The van der Waals surface area contributed by atoms with Crippen molar-refractivity contribution in [3.63, 3.8) is 0 Å². The first-order chi connectivity index (χ1) is 10.3. The van der Waals surface area contributed by atoms with Gasteiger partial charge in [0.2, 0.25) is 5.95 Å². The summed E-state index contributed by atoms with van der Waals surface area (Å²) in [5.41, 5.74) is 5.11. The number of nitrogen functional groups attached to an aromatic ring is 1. The lowest BCUT2D eigenvalue weighted by Crippen LogP contribution is -2.24. The second-order valence-electron chi connectivity index (χ2n) is 4.99. The number of alkyl halides is 1. The predicted molar refractivity (Wildman–Crippen MR) is 72.8 cm³/mol. The second kappa shape index (κ2) is 5.13. The van der Waals surface area contributed by atoms with Gasteiger partial charge in [0.05, 0.1) is 12.9 Å². The van der Waals surface area contributed by atoms with Gasteiger partial charge in [0, 0.05) is 6.42 Å². The van der Waals surface area contributed by atoms with Gasteiger partial charge in [-0.05, 0) is 0 Å². The van der Waals surface area contributed by atoms with E-state index in [1.807, 2.05) is 0 Å². The number of nitrogens with two attached hydrogens (primary N) is 1. The predicted octanol–water partition coefficient (Wildman–Crippen LogP) is -0.667.